The molecular weight excluding hydrogens is 577 g/mol. The summed E-state index contributed by atoms with van der Waals surface area (Å²) < 4.78 is 0. The molecule has 0 atom stereocenters. The van der Waals surface area contributed by atoms with Gasteiger partial charge in [-0.1, -0.05) is 171 Å². The van der Waals surface area contributed by atoms with Gasteiger partial charge < -0.3 is 0 Å². The maximum absolute atomic E-state index is 2.44. The van der Waals surface area contributed by atoms with Gasteiger partial charge in [-0.3, -0.25) is 0 Å². The van der Waals surface area contributed by atoms with Crippen molar-refractivity contribution in [2.45, 2.75) is 39.0 Å². The van der Waals surface area contributed by atoms with Crippen LogP contribution in [0.2, 0.25) is 0 Å². The van der Waals surface area contributed by atoms with E-state index < -0.39 is 0 Å². The minimum atomic E-state index is 0.0817. The first kappa shape index (κ1) is 28.7. The second kappa shape index (κ2) is 11.1. The van der Waals surface area contributed by atoms with E-state index in [1.54, 1.807) is 5.57 Å². The lowest BCUT2D eigenvalue weighted by Gasteiger charge is -2.26. The van der Waals surface area contributed by atoms with E-state index in [-0.39, 0.29) is 5.41 Å². The van der Waals surface area contributed by atoms with Gasteiger partial charge in [0.05, 0.1) is 0 Å². The molecule has 0 saturated carbocycles. The van der Waals surface area contributed by atoms with Crippen molar-refractivity contribution in [2.75, 3.05) is 0 Å². The number of allylic oxidation sites excluding steroid dienone is 4. The molecule has 0 nitrogen and oxygen atoms in total. The summed E-state index contributed by atoms with van der Waals surface area (Å²) in [5, 5.41) is 5.12. The quantitative estimate of drug-likeness (QED) is 0.185. The van der Waals surface area contributed by atoms with Crippen LogP contribution in [0.25, 0.3) is 71.6 Å². The normalized spacial score (nSPS) is 14.8. The van der Waals surface area contributed by atoms with Crippen LogP contribution in [0, 0.1) is 6.92 Å². The summed E-state index contributed by atoms with van der Waals surface area (Å²) in [5.74, 6) is 0. The van der Waals surface area contributed by atoms with E-state index in [4.69, 9.17) is 0 Å². The zero-order valence-electron chi connectivity index (χ0n) is 27.8. The summed E-state index contributed by atoms with van der Waals surface area (Å²) >= 11 is 0. The highest BCUT2D eigenvalue weighted by atomic mass is 14.4. The van der Waals surface area contributed by atoms with Gasteiger partial charge in [0.1, 0.15) is 0 Å². The summed E-state index contributed by atoms with van der Waals surface area (Å²) in [5.41, 5.74) is 17.4. The van der Waals surface area contributed by atoms with Crippen molar-refractivity contribution >= 4 is 27.1 Å². The lowest BCUT2D eigenvalue weighted by Crippen LogP contribution is -2.17. The molecule has 2 aliphatic rings. The Balaban J connectivity index is 1.10. The van der Waals surface area contributed by atoms with Crippen LogP contribution < -0.4 is 0 Å². The molecule has 0 fully saturated rings. The Morgan fingerprint density at radius 2 is 0.917 bits per heavy atom. The minimum absolute atomic E-state index is 0.0817. The Bertz CT molecular complexity index is 2450. The summed E-state index contributed by atoms with van der Waals surface area (Å²) in [6.07, 6.45) is 6.99. The molecule has 0 bridgehead atoms. The summed E-state index contributed by atoms with van der Waals surface area (Å²) in [6.45, 7) is 6.94. The molecule has 48 heavy (non-hydrogen) atoms. The molecule has 0 spiro atoms. The van der Waals surface area contributed by atoms with Gasteiger partial charge in [0.15, 0.2) is 0 Å². The molecule has 0 heterocycles. The highest BCUT2D eigenvalue weighted by Crippen LogP contribution is 2.51. The molecule has 0 aliphatic heterocycles. The molecule has 0 amide bonds. The number of fused-ring (bicyclic) bond motifs is 4. The Morgan fingerprint density at radius 3 is 1.50 bits per heavy atom. The van der Waals surface area contributed by atoms with Crippen LogP contribution in [0.5, 0.6) is 0 Å². The molecule has 7 aromatic carbocycles. The highest BCUT2D eigenvalue weighted by Gasteiger charge is 2.37. The van der Waals surface area contributed by atoms with E-state index in [2.05, 4.69) is 172 Å². The molecule has 7 aromatic rings. The molecule has 0 aromatic heterocycles. The topological polar surface area (TPSA) is 0 Å². The maximum Gasteiger partial charge on any atom is 0.0121 e. The fourth-order valence-electron chi connectivity index (χ4n) is 8.35. The largest absolute Gasteiger partial charge is 0.0836 e. The number of rotatable bonds is 4. The van der Waals surface area contributed by atoms with Crippen LogP contribution in [0.4, 0.5) is 0 Å². The van der Waals surface area contributed by atoms with E-state index in [0.29, 0.717) is 0 Å². The van der Waals surface area contributed by atoms with Gasteiger partial charge in [-0.2, -0.15) is 0 Å². The Hall–Kier alpha value is -5.46. The zero-order chi connectivity index (χ0) is 32.4. The third kappa shape index (κ3) is 4.51. The predicted molar refractivity (Wildman–Crippen MR) is 206 cm³/mol. The molecule has 2 aliphatic carbocycles. The third-order valence-electron chi connectivity index (χ3n) is 10.9. The van der Waals surface area contributed by atoms with Gasteiger partial charge in [0.25, 0.3) is 0 Å². The SMILES string of the molecule is Cc1ccc(-c2ccc(-c3ccc(-c4ccc(-c5ccc6c(c5)C(C)(C)C5=C6C=CCC5)cc4)c4ccccc34)c3ccccc23)cc1. The van der Waals surface area contributed by atoms with Crippen molar-refractivity contribution in [3.05, 3.63) is 174 Å². The smallest absolute Gasteiger partial charge is 0.0121 e. The first-order chi connectivity index (χ1) is 23.5. The van der Waals surface area contributed by atoms with Crippen molar-refractivity contribution in [2.24, 2.45) is 0 Å². The number of aryl methyl sites for hydroxylation is 1. The Kier molecular flexibility index (Phi) is 6.63. The average Bonchev–Trinajstić information content (AvgIpc) is 3.37. The van der Waals surface area contributed by atoms with Gasteiger partial charge in [-0.05, 0) is 109 Å². The molecule has 0 radical (unpaired) electrons. The lowest BCUT2D eigenvalue weighted by atomic mass is 9.78. The highest BCUT2D eigenvalue weighted by molar-refractivity contribution is 6.12. The fraction of sp³-hybridized carbons (Fsp3) is 0.125. The Labute approximate surface area is 283 Å². The van der Waals surface area contributed by atoms with E-state index in [1.807, 2.05) is 0 Å². The van der Waals surface area contributed by atoms with Crippen molar-refractivity contribution in [3.8, 4) is 44.5 Å². The van der Waals surface area contributed by atoms with Gasteiger partial charge >= 0.3 is 0 Å². The van der Waals surface area contributed by atoms with Crippen LogP contribution in [-0.2, 0) is 5.41 Å². The summed E-state index contributed by atoms with van der Waals surface area (Å²) in [4.78, 5) is 0. The van der Waals surface area contributed by atoms with E-state index in [1.165, 1.54) is 94.7 Å². The van der Waals surface area contributed by atoms with Crippen LogP contribution in [0.3, 0.4) is 0 Å². The molecule has 0 N–H and O–H groups in total. The minimum Gasteiger partial charge on any atom is -0.0836 e. The van der Waals surface area contributed by atoms with Crippen molar-refractivity contribution in [3.63, 3.8) is 0 Å². The summed E-state index contributed by atoms with van der Waals surface area (Å²) in [7, 11) is 0. The molecule has 230 valence electrons. The molecule has 9 rings (SSSR count). The van der Waals surface area contributed by atoms with Crippen molar-refractivity contribution in [1.29, 1.82) is 0 Å². The van der Waals surface area contributed by atoms with E-state index >= 15 is 0 Å². The molecule has 0 saturated heterocycles. The zero-order valence-corrected chi connectivity index (χ0v) is 27.8. The second-order valence-corrected chi connectivity index (χ2v) is 14.1. The molecular formula is C48H38. The Morgan fingerprint density at radius 1 is 0.458 bits per heavy atom. The number of hydrogen-bond acceptors (Lipinski definition) is 0. The maximum atomic E-state index is 2.44. The van der Waals surface area contributed by atoms with E-state index in [9.17, 15) is 0 Å². The van der Waals surface area contributed by atoms with Crippen LogP contribution in [0.1, 0.15) is 43.4 Å². The van der Waals surface area contributed by atoms with E-state index in [0.717, 1.165) is 6.42 Å². The standard InChI is InChI=1S/C48H38/c1-31-16-18-33(19-17-31)36-26-28-42(40-12-6-4-10-38(36)40)43-29-27-37(39-11-5-7-13-41(39)43)34-22-20-32(21-23-34)35-24-25-45-44-14-8-9-15-46(44)48(2,3)47(45)30-35/h4-8,10-14,16-30H,9,15H2,1-3H3. The average molecular weight is 615 g/mol. The van der Waals surface area contributed by atoms with Gasteiger partial charge in [-0.25, -0.2) is 0 Å². The second-order valence-electron chi connectivity index (χ2n) is 14.1. The van der Waals surface area contributed by atoms with Gasteiger partial charge in [-0.15, -0.1) is 0 Å². The van der Waals surface area contributed by atoms with Crippen molar-refractivity contribution < 1.29 is 0 Å². The third-order valence-corrected chi connectivity index (χ3v) is 10.9. The first-order valence-corrected chi connectivity index (χ1v) is 17.2. The number of benzene rings is 7. The first-order valence-electron chi connectivity index (χ1n) is 17.2. The van der Waals surface area contributed by atoms with Crippen LogP contribution in [0.15, 0.2) is 157 Å². The summed E-state index contributed by atoms with van der Waals surface area (Å²) in [6, 6.07) is 52.1. The van der Waals surface area contributed by atoms with Crippen LogP contribution in [-0.4, -0.2) is 0 Å². The van der Waals surface area contributed by atoms with Gasteiger partial charge in [0.2, 0.25) is 0 Å². The number of hydrogen-bond donors (Lipinski definition) is 0. The van der Waals surface area contributed by atoms with Crippen LogP contribution >= 0.6 is 0 Å². The van der Waals surface area contributed by atoms with Gasteiger partial charge in [0, 0.05) is 5.41 Å². The van der Waals surface area contributed by atoms with Crippen molar-refractivity contribution in [1.82, 2.24) is 0 Å². The molecule has 0 unspecified atom stereocenters. The predicted octanol–water partition coefficient (Wildman–Crippen LogP) is 13.4. The monoisotopic (exact) mass is 614 g/mol. The molecule has 0 heteroatoms. The fourth-order valence-corrected chi connectivity index (χ4v) is 8.35. The lowest BCUT2D eigenvalue weighted by molar-refractivity contribution is 0.607.